The van der Waals surface area contributed by atoms with Crippen molar-refractivity contribution in [2.45, 2.75) is 20.3 Å². The van der Waals surface area contributed by atoms with Crippen molar-refractivity contribution >= 4 is 23.3 Å². The smallest absolute Gasteiger partial charge is 0.230 e. The average Bonchev–Trinajstić information content (AvgIpc) is 2.76. The second kappa shape index (κ2) is 6.01. The van der Waals surface area contributed by atoms with E-state index in [9.17, 15) is 9.59 Å². The Kier molecular flexibility index (Phi) is 4.14. The lowest BCUT2D eigenvalue weighted by Crippen LogP contribution is -2.14. The molecule has 1 heterocycles. The number of amides is 2. The molecule has 0 aliphatic rings. The molecule has 0 atom stereocenters. The first-order valence-electron chi connectivity index (χ1n) is 6.12. The minimum atomic E-state index is -0.175. The molecule has 2 rings (SSSR count). The van der Waals surface area contributed by atoms with Crippen LogP contribution in [0.25, 0.3) is 0 Å². The summed E-state index contributed by atoms with van der Waals surface area (Å²) in [5, 5.41) is 9.00. The predicted molar refractivity (Wildman–Crippen MR) is 74.3 cm³/mol. The quantitative estimate of drug-likeness (QED) is 0.893. The van der Waals surface area contributed by atoms with Crippen molar-refractivity contribution in [3.63, 3.8) is 0 Å². The van der Waals surface area contributed by atoms with E-state index < -0.39 is 0 Å². The number of nitrogens with one attached hydrogen (secondary N) is 2. The van der Waals surface area contributed by atoms with E-state index in [1.54, 1.807) is 37.3 Å². The summed E-state index contributed by atoms with van der Waals surface area (Å²) in [6.45, 7) is 3.20. The fourth-order valence-electron chi connectivity index (χ4n) is 1.71. The van der Waals surface area contributed by atoms with Gasteiger partial charge >= 0.3 is 0 Å². The summed E-state index contributed by atoms with van der Waals surface area (Å²) < 4.78 is 4.86. The van der Waals surface area contributed by atoms with Crippen LogP contribution in [0.5, 0.6) is 0 Å². The molecule has 0 bridgehead atoms. The molecule has 0 aliphatic heterocycles. The van der Waals surface area contributed by atoms with Crippen molar-refractivity contribution in [2.75, 3.05) is 10.6 Å². The van der Waals surface area contributed by atoms with Gasteiger partial charge < -0.3 is 15.2 Å². The zero-order valence-corrected chi connectivity index (χ0v) is 11.3. The zero-order valence-electron chi connectivity index (χ0n) is 11.3. The van der Waals surface area contributed by atoms with Gasteiger partial charge in [-0.15, -0.1) is 0 Å². The molecule has 0 saturated heterocycles. The molecule has 0 radical (unpaired) electrons. The number of anilines is 2. The Morgan fingerprint density at radius 3 is 2.45 bits per heavy atom. The summed E-state index contributed by atoms with van der Waals surface area (Å²) in [6, 6.07) is 8.74. The van der Waals surface area contributed by atoms with Crippen LogP contribution in [0.1, 0.15) is 18.2 Å². The van der Waals surface area contributed by atoms with Crippen LogP contribution in [-0.2, 0) is 16.0 Å². The van der Waals surface area contributed by atoms with Crippen LogP contribution in [0.4, 0.5) is 11.5 Å². The summed E-state index contributed by atoms with van der Waals surface area (Å²) in [7, 11) is 0. The monoisotopic (exact) mass is 273 g/mol. The number of hydrogen-bond acceptors (Lipinski definition) is 4. The maximum atomic E-state index is 11.8. The molecular weight excluding hydrogens is 258 g/mol. The summed E-state index contributed by atoms with van der Waals surface area (Å²) in [6.07, 6.45) is 0.228. The van der Waals surface area contributed by atoms with Gasteiger partial charge in [-0.3, -0.25) is 9.59 Å². The fraction of sp³-hybridized carbons (Fsp3) is 0.214. The van der Waals surface area contributed by atoms with E-state index in [4.69, 9.17) is 4.52 Å². The highest BCUT2D eigenvalue weighted by atomic mass is 16.5. The van der Waals surface area contributed by atoms with E-state index in [0.29, 0.717) is 17.3 Å². The van der Waals surface area contributed by atoms with Gasteiger partial charge in [-0.1, -0.05) is 17.3 Å². The maximum Gasteiger partial charge on any atom is 0.230 e. The number of aromatic nitrogens is 1. The molecule has 0 spiro atoms. The first-order valence-corrected chi connectivity index (χ1v) is 6.12. The van der Waals surface area contributed by atoms with Crippen LogP contribution in [0.2, 0.25) is 0 Å². The highest BCUT2D eigenvalue weighted by Crippen LogP contribution is 2.11. The first kappa shape index (κ1) is 13.8. The van der Waals surface area contributed by atoms with E-state index in [2.05, 4.69) is 15.8 Å². The lowest BCUT2D eigenvalue weighted by molar-refractivity contribution is -0.116. The normalized spacial score (nSPS) is 10.1. The van der Waals surface area contributed by atoms with Crippen molar-refractivity contribution < 1.29 is 14.1 Å². The highest BCUT2D eigenvalue weighted by Gasteiger charge is 2.07. The van der Waals surface area contributed by atoms with Gasteiger partial charge in [0, 0.05) is 18.7 Å². The third kappa shape index (κ3) is 3.94. The van der Waals surface area contributed by atoms with Gasteiger partial charge in [0.1, 0.15) is 5.76 Å². The van der Waals surface area contributed by atoms with Crippen molar-refractivity contribution in [3.05, 3.63) is 41.7 Å². The minimum Gasteiger partial charge on any atom is -0.360 e. The number of carbonyl (C=O) groups excluding carboxylic acids is 2. The predicted octanol–water partition coefficient (Wildman–Crippen LogP) is 2.12. The Labute approximate surface area is 116 Å². The molecule has 2 aromatic rings. The van der Waals surface area contributed by atoms with Crippen molar-refractivity contribution in [1.29, 1.82) is 0 Å². The summed E-state index contributed by atoms with van der Waals surface area (Å²) >= 11 is 0. The third-order valence-corrected chi connectivity index (χ3v) is 2.53. The van der Waals surface area contributed by atoms with Crippen LogP contribution in [-0.4, -0.2) is 17.0 Å². The molecule has 1 aromatic carbocycles. The Hall–Kier alpha value is -2.63. The zero-order chi connectivity index (χ0) is 14.5. The number of aryl methyl sites for hydroxylation is 1. The molecule has 20 heavy (non-hydrogen) atoms. The van der Waals surface area contributed by atoms with Gasteiger partial charge in [0.2, 0.25) is 11.8 Å². The Bertz CT molecular complexity index is 617. The number of nitrogens with zero attached hydrogens (tertiary/aromatic N) is 1. The van der Waals surface area contributed by atoms with Crippen molar-refractivity contribution in [1.82, 2.24) is 5.16 Å². The first-order chi connectivity index (χ1) is 9.52. The maximum absolute atomic E-state index is 11.8. The number of rotatable bonds is 4. The molecule has 2 N–H and O–H groups in total. The molecule has 6 nitrogen and oxygen atoms in total. The molecular formula is C14H15N3O3. The van der Waals surface area contributed by atoms with E-state index in [1.165, 1.54) is 6.92 Å². The standard InChI is InChI=1S/C14H15N3O3/c1-9-7-13(17-20-9)16-14(19)8-11-3-5-12(6-4-11)15-10(2)18/h3-7H,8H2,1-2H3,(H,15,18)(H,16,17,19). The lowest BCUT2D eigenvalue weighted by atomic mass is 10.1. The SMILES string of the molecule is CC(=O)Nc1ccc(CC(=O)Nc2cc(C)on2)cc1. The molecule has 0 fully saturated rings. The van der Waals surface area contributed by atoms with Crippen LogP contribution < -0.4 is 10.6 Å². The van der Waals surface area contributed by atoms with Crippen LogP contribution >= 0.6 is 0 Å². The summed E-state index contributed by atoms with van der Waals surface area (Å²) in [5.74, 6) is 0.741. The van der Waals surface area contributed by atoms with Gasteiger partial charge in [0.05, 0.1) is 6.42 Å². The van der Waals surface area contributed by atoms with E-state index in [-0.39, 0.29) is 18.2 Å². The Balaban J connectivity index is 1.92. The van der Waals surface area contributed by atoms with Gasteiger partial charge in [0.25, 0.3) is 0 Å². The summed E-state index contributed by atoms with van der Waals surface area (Å²) in [5.41, 5.74) is 1.55. The van der Waals surface area contributed by atoms with Gasteiger partial charge in [-0.25, -0.2) is 0 Å². The van der Waals surface area contributed by atoms with E-state index in [0.717, 1.165) is 5.56 Å². The van der Waals surface area contributed by atoms with Crippen LogP contribution in [0, 0.1) is 6.92 Å². The molecule has 104 valence electrons. The molecule has 0 aliphatic carbocycles. The van der Waals surface area contributed by atoms with Gasteiger partial charge in [-0.2, -0.15) is 0 Å². The van der Waals surface area contributed by atoms with Crippen LogP contribution in [0.3, 0.4) is 0 Å². The van der Waals surface area contributed by atoms with E-state index >= 15 is 0 Å². The number of carbonyl (C=O) groups is 2. The van der Waals surface area contributed by atoms with Crippen LogP contribution in [0.15, 0.2) is 34.9 Å². The highest BCUT2D eigenvalue weighted by molar-refractivity contribution is 5.91. The van der Waals surface area contributed by atoms with E-state index in [1.807, 2.05) is 0 Å². The molecule has 2 amide bonds. The third-order valence-electron chi connectivity index (χ3n) is 2.53. The van der Waals surface area contributed by atoms with Gasteiger partial charge in [-0.05, 0) is 24.6 Å². The molecule has 0 unspecified atom stereocenters. The molecule has 0 saturated carbocycles. The average molecular weight is 273 g/mol. The largest absolute Gasteiger partial charge is 0.360 e. The number of benzene rings is 1. The second-order valence-electron chi connectivity index (χ2n) is 4.43. The number of hydrogen-bond donors (Lipinski definition) is 2. The topological polar surface area (TPSA) is 84.2 Å². The fourth-order valence-corrected chi connectivity index (χ4v) is 1.71. The summed E-state index contributed by atoms with van der Waals surface area (Å²) in [4.78, 5) is 22.7. The Morgan fingerprint density at radius 1 is 1.20 bits per heavy atom. The van der Waals surface area contributed by atoms with Crippen molar-refractivity contribution in [2.24, 2.45) is 0 Å². The van der Waals surface area contributed by atoms with Crippen molar-refractivity contribution in [3.8, 4) is 0 Å². The lowest BCUT2D eigenvalue weighted by Gasteiger charge is -2.04. The molecule has 6 heteroatoms. The molecule has 1 aromatic heterocycles. The second-order valence-corrected chi connectivity index (χ2v) is 4.43. The Morgan fingerprint density at radius 2 is 1.90 bits per heavy atom. The van der Waals surface area contributed by atoms with Gasteiger partial charge in [0.15, 0.2) is 5.82 Å². The minimum absolute atomic E-state index is 0.128.